The molecule has 0 N–H and O–H groups in total. The van der Waals surface area contributed by atoms with Gasteiger partial charge < -0.3 is 9.47 Å². The lowest BCUT2D eigenvalue weighted by molar-refractivity contribution is 0.203. The van der Waals surface area contributed by atoms with Gasteiger partial charge in [0, 0.05) is 20.8 Å². The second-order valence-corrected chi connectivity index (χ2v) is 1.71. The third-order valence-corrected chi connectivity index (χ3v) is 0.918. The predicted octanol–water partition coefficient (Wildman–Crippen LogP) is 1.23. The Bertz CT molecular complexity index is 69.3. The highest BCUT2D eigenvalue weighted by atomic mass is 16.5. The molecule has 0 saturated heterocycles. The highest BCUT2D eigenvalue weighted by Gasteiger charge is 1.75. The molecule has 0 fully saturated rings. The molecule has 0 saturated carbocycles. The molecule has 0 amide bonds. The molecule has 2 heteroatoms. The summed E-state index contributed by atoms with van der Waals surface area (Å²) in [7, 11) is 3.38. The van der Waals surface area contributed by atoms with Crippen molar-refractivity contribution in [1.82, 2.24) is 0 Å². The van der Waals surface area contributed by atoms with Gasteiger partial charge in [-0.15, -0.1) is 0 Å². The zero-order valence-electron chi connectivity index (χ0n) is 6.09. The van der Waals surface area contributed by atoms with Gasteiger partial charge in [0.15, 0.2) is 0 Å². The summed E-state index contributed by atoms with van der Waals surface area (Å²) in [6.45, 7) is 1.49. The van der Waals surface area contributed by atoms with Gasteiger partial charge in [-0.3, -0.25) is 0 Å². The van der Waals surface area contributed by atoms with Crippen LogP contribution in [0.2, 0.25) is 0 Å². The molecule has 0 aliphatic rings. The summed E-state index contributed by atoms with van der Waals surface area (Å²) in [5.74, 6) is 0. The summed E-state index contributed by atoms with van der Waals surface area (Å²) < 4.78 is 9.62. The van der Waals surface area contributed by atoms with E-state index in [0.717, 1.165) is 13.0 Å². The van der Waals surface area contributed by atoms with E-state index in [2.05, 4.69) is 0 Å². The molecule has 0 rings (SSSR count). The molecule has 0 aromatic rings. The van der Waals surface area contributed by atoms with Gasteiger partial charge in [-0.2, -0.15) is 0 Å². The summed E-state index contributed by atoms with van der Waals surface area (Å²) in [6.07, 6.45) is 5.01. The Morgan fingerprint density at radius 3 is 2.44 bits per heavy atom. The van der Waals surface area contributed by atoms with E-state index >= 15 is 0 Å². The first-order valence-electron chi connectivity index (χ1n) is 3.04. The maximum atomic E-state index is 4.83. The number of rotatable bonds is 5. The molecule has 0 spiro atoms. The van der Waals surface area contributed by atoms with Crippen LogP contribution in [-0.4, -0.2) is 27.4 Å². The minimum absolute atomic E-state index is 0.698. The topological polar surface area (TPSA) is 18.5 Å². The summed E-state index contributed by atoms with van der Waals surface area (Å²) in [5, 5.41) is 0. The van der Waals surface area contributed by atoms with Crippen LogP contribution in [-0.2, 0) is 9.47 Å². The Labute approximate surface area is 56.5 Å². The zero-order chi connectivity index (χ0) is 6.95. The lowest BCUT2D eigenvalue weighted by Crippen LogP contribution is -1.85. The van der Waals surface area contributed by atoms with Gasteiger partial charge in [0.05, 0.1) is 6.61 Å². The third kappa shape index (κ3) is 7.66. The number of hydrogen-bond donors (Lipinski definition) is 0. The average Bonchev–Trinajstić information content (AvgIpc) is 1.89. The summed E-state index contributed by atoms with van der Waals surface area (Å²) >= 11 is 0. The van der Waals surface area contributed by atoms with Crippen molar-refractivity contribution >= 4 is 0 Å². The number of hydrogen-bond acceptors (Lipinski definition) is 2. The minimum Gasteiger partial charge on any atom is -0.384 e. The Morgan fingerprint density at radius 2 is 1.89 bits per heavy atom. The normalized spacial score (nSPS) is 10.9. The van der Waals surface area contributed by atoms with Gasteiger partial charge in [-0.05, 0) is 6.42 Å². The molecule has 0 unspecified atom stereocenters. The zero-order valence-corrected chi connectivity index (χ0v) is 6.09. The average molecular weight is 130 g/mol. The summed E-state index contributed by atoms with van der Waals surface area (Å²) in [6, 6.07) is 0. The molecule has 0 aliphatic heterocycles. The molecule has 54 valence electrons. The van der Waals surface area contributed by atoms with E-state index in [-0.39, 0.29) is 0 Å². The van der Waals surface area contributed by atoms with Crippen molar-refractivity contribution < 1.29 is 9.47 Å². The molecule has 0 aromatic heterocycles. The van der Waals surface area contributed by atoms with Gasteiger partial charge in [0.2, 0.25) is 0 Å². The lowest BCUT2D eigenvalue weighted by Gasteiger charge is -1.90. The van der Waals surface area contributed by atoms with Crippen LogP contribution in [0.3, 0.4) is 0 Å². The Morgan fingerprint density at radius 1 is 1.11 bits per heavy atom. The number of ether oxygens (including phenoxy) is 2. The van der Waals surface area contributed by atoms with Crippen molar-refractivity contribution in [3.05, 3.63) is 12.2 Å². The Kier molecular flexibility index (Phi) is 7.37. The van der Waals surface area contributed by atoms with Crippen LogP contribution >= 0.6 is 0 Å². The fraction of sp³-hybridized carbons (Fsp3) is 0.714. The second-order valence-electron chi connectivity index (χ2n) is 1.71. The van der Waals surface area contributed by atoms with Crippen LogP contribution in [0.1, 0.15) is 6.42 Å². The lowest BCUT2D eigenvalue weighted by atomic mass is 10.4. The molecule has 0 heterocycles. The van der Waals surface area contributed by atoms with Gasteiger partial charge in [-0.25, -0.2) is 0 Å². The molecular weight excluding hydrogens is 116 g/mol. The van der Waals surface area contributed by atoms with Crippen LogP contribution in [0.5, 0.6) is 0 Å². The molecule has 0 atom stereocenters. The maximum absolute atomic E-state index is 4.83. The second kappa shape index (κ2) is 7.66. The maximum Gasteiger partial charge on any atom is 0.0643 e. The largest absolute Gasteiger partial charge is 0.384 e. The van der Waals surface area contributed by atoms with Gasteiger partial charge in [-0.1, -0.05) is 12.2 Å². The van der Waals surface area contributed by atoms with E-state index in [9.17, 15) is 0 Å². The van der Waals surface area contributed by atoms with E-state index in [4.69, 9.17) is 9.47 Å². The van der Waals surface area contributed by atoms with Gasteiger partial charge in [0.25, 0.3) is 0 Å². The first-order chi connectivity index (χ1) is 4.41. The fourth-order valence-electron chi connectivity index (χ4n) is 0.468. The Hall–Kier alpha value is -0.340. The highest BCUT2D eigenvalue weighted by Crippen LogP contribution is 1.82. The van der Waals surface area contributed by atoms with Crippen molar-refractivity contribution in [2.45, 2.75) is 6.42 Å². The van der Waals surface area contributed by atoms with Crippen LogP contribution in [0.4, 0.5) is 0 Å². The van der Waals surface area contributed by atoms with E-state index in [1.807, 2.05) is 12.2 Å². The van der Waals surface area contributed by atoms with E-state index in [1.165, 1.54) is 0 Å². The monoisotopic (exact) mass is 130 g/mol. The van der Waals surface area contributed by atoms with Crippen LogP contribution < -0.4 is 0 Å². The quantitative estimate of drug-likeness (QED) is 0.411. The highest BCUT2D eigenvalue weighted by molar-refractivity contribution is 4.80. The minimum atomic E-state index is 0.698. The molecule has 0 bridgehead atoms. The van der Waals surface area contributed by atoms with Crippen molar-refractivity contribution in [1.29, 1.82) is 0 Å². The first kappa shape index (κ1) is 8.66. The summed E-state index contributed by atoms with van der Waals surface area (Å²) in [4.78, 5) is 0. The molecule has 0 aliphatic carbocycles. The van der Waals surface area contributed by atoms with Crippen LogP contribution in [0, 0.1) is 0 Å². The predicted molar refractivity (Wildman–Crippen MR) is 37.5 cm³/mol. The summed E-state index contributed by atoms with van der Waals surface area (Å²) in [5.41, 5.74) is 0. The Balaban J connectivity index is 2.86. The molecule has 0 radical (unpaired) electrons. The van der Waals surface area contributed by atoms with Gasteiger partial charge in [0.1, 0.15) is 0 Å². The van der Waals surface area contributed by atoms with Crippen LogP contribution in [0.25, 0.3) is 0 Å². The molecule has 9 heavy (non-hydrogen) atoms. The SMILES string of the molecule is COC/C=C/CCOC. The van der Waals surface area contributed by atoms with Crippen molar-refractivity contribution in [3.8, 4) is 0 Å². The molecular formula is C7H14O2. The van der Waals surface area contributed by atoms with Crippen LogP contribution in [0.15, 0.2) is 12.2 Å². The third-order valence-electron chi connectivity index (χ3n) is 0.918. The standard InChI is InChI=1S/C7H14O2/c1-8-6-4-3-5-7-9-2/h3-4H,5-7H2,1-2H3/b4-3+. The van der Waals surface area contributed by atoms with Crippen molar-refractivity contribution in [3.63, 3.8) is 0 Å². The molecule has 0 aromatic carbocycles. The van der Waals surface area contributed by atoms with E-state index in [1.54, 1.807) is 14.2 Å². The van der Waals surface area contributed by atoms with Gasteiger partial charge >= 0.3 is 0 Å². The van der Waals surface area contributed by atoms with E-state index < -0.39 is 0 Å². The fourth-order valence-corrected chi connectivity index (χ4v) is 0.468. The smallest absolute Gasteiger partial charge is 0.0643 e. The molecule has 2 nitrogen and oxygen atoms in total. The number of methoxy groups -OCH3 is 2. The van der Waals surface area contributed by atoms with Crippen molar-refractivity contribution in [2.75, 3.05) is 27.4 Å². The first-order valence-corrected chi connectivity index (χ1v) is 3.04. The van der Waals surface area contributed by atoms with Crippen molar-refractivity contribution in [2.24, 2.45) is 0 Å². The van der Waals surface area contributed by atoms with E-state index in [0.29, 0.717) is 6.61 Å².